The van der Waals surface area contributed by atoms with Gasteiger partial charge in [0.05, 0.1) is 4.47 Å². The lowest BCUT2D eigenvalue weighted by molar-refractivity contribution is -0.112. The number of hydrogen-bond donors (Lipinski definition) is 1. The first-order valence-electron chi connectivity index (χ1n) is 9.99. The number of halogens is 4. The Morgan fingerprint density at radius 3 is 2.59 bits per heavy atom. The Balaban J connectivity index is 1.86. The molecule has 1 amide bonds. The van der Waals surface area contributed by atoms with Crippen LogP contribution < -0.4 is 10.1 Å². The van der Waals surface area contributed by atoms with E-state index in [0.717, 1.165) is 15.6 Å². The lowest BCUT2D eigenvalue weighted by Crippen LogP contribution is -2.13. The van der Waals surface area contributed by atoms with Crippen LogP contribution in [0.3, 0.4) is 0 Å². The zero-order chi connectivity index (χ0) is 24.7. The summed E-state index contributed by atoms with van der Waals surface area (Å²) < 4.78 is 7.55. The molecule has 0 aromatic heterocycles. The molecule has 3 aromatic carbocycles. The topological polar surface area (TPSA) is 62.1 Å². The van der Waals surface area contributed by atoms with E-state index in [0.29, 0.717) is 37.9 Å². The third-order valence-electron chi connectivity index (χ3n) is 4.65. The van der Waals surface area contributed by atoms with Crippen molar-refractivity contribution in [2.75, 3.05) is 5.32 Å². The van der Waals surface area contributed by atoms with E-state index in [1.54, 1.807) is 42.5 Å². The number of nitrogens with one attached hydrogen (secondary N) is 1. The zero-order valence-corrected chi connectivity index (χ0v) is 22.4. The molecule has 0 heterocycles. The van der Waals surface area contributed by atoms with Gasteiger partial charge in [-0.15, -0.1) is 6.58 Å². The van der Waals surface area contributed by atoms with Crippen LogP contribution in [0.5, 0.6) is 5.75 Å². The molecule has 3 aromatic rings. The van der Waals surface area contributed by atoms with E-state index in [1.807, 2.05) is 24.3 Å². The van der Waals surface area contributed by atoms with E-state index in [1.165, 1.54) is 6.08 Å². The molecule has 0 saturated carbocycles. The molecule has 1 N–H and O–H groups in total. The molecule has 4 nitrogen and oxygen atoms in total. The summed E-state index contributed by atoms with van der Waals surface area (Å²) in [6.45, 7) is 4.06. The molecular weight excluding hydrogens is 603 g/mol. The number of anilines is 1. The summed E-state index contributed by atoms with van der Waals surface area (Å²) in [5, 5.41) is 13.4. The number of nitriles is 1. The average molecular weight is 621 g/mol. The fourth-order valence-corrected chi connectivity index (χ4v) is 4.59. The SMILES string of the molecule is C=CCc1cc(/C=C(/C#N)C(=O)Nc2cccc(Br)c2)cc(Br)c1OCc1ccc(Cl)cc1Cl. The number of rotatable bonds is 8. The lowest BCUT2D eigenvalue weighted by Gasteiger charge is -2.15. The second-order valence-electron chi connectivity index (χ2n) is 7.14. The van der Waals surface area contributed by atoms with Gasteiger partial charge >= 0.3 is 0 Å². The number of ether oxygens (including phenoxy) is 1. The molecule has 172 valence electrons. The summed E-state index contributed by atoms with van der Waals surface area (Å²) >= 11 is 19.1. The first-order chi connectivity index (χ1) is 16.3. The fraction of sp³-hybridized carbons (Fsp3) is 0.0769. The Morgan fingerprint density at radius 2 is 1.91 bits per heavy atom. The van der Waals surface area contributed by atoms with Crippen LogP contribution >= 0.6 is 55.1 Å². The summed E-state index contributed by atoms with van der Waals surface area (Å²) in [4.78, 5) is 12.6. The molecule has 0 bridgehead atoms. The number of carbonyl (C=O) groups is 1. The Morgan fingerprint density at radius 1 is 1.12 bits per heavy atom. The molecule has 0 aliphatic carbocycles. The van der Waals surface area contributed by atoms with Gasteiger partial charge in [0.2, 0.25) is 0 Å². The van der Waals surface area contributed by atoms with Crippen molar-refractivity contribution in [3.05, 3.63) is 109 Å². The van der Waals surface area contributed by atoms with E-state index in [4.69, 9.17) is 27.9 Å². The quantitative estimate of drug-likeness (QED) is 0.156. The Bertz CT molecular complexity index is 1320. The van der Waals surface area contributed by atoms with Crippen molar-refractivity contribution in [2.45, 2.75) is 13.0 Å². The van der Waals surface area contributed by atoms with Gasteiger partial charge in [-0.05, 0) is 82.0 Å². The number of carbonyl (C=O) groups excluding carboxylic acids is 1. The van der Waals surface area contributed by atoms with Crippen LogP contribution in [0.15, 0.2) is 81.8 Å². The first-order valence-corrected chi connectivity index (χ1v) is 12.3. The highest BCUT2D eigenvalue weighted by Gasteiger charge is 2.14. The van der Waals surface area contributed by atoms with Crippen LogP contribution in [0, 0.1) is 11.3 Å². The fourth-order valence-electron chi connectivity index (χ4n) is 3.09. The monoisotopic (exact) mass is 618 g/mol. The van der Waals surface area contributed by atoms with Crippen LogP contribution in [0.2, 0.25) is 10.0 Å². The maximum Gasteiger partial charge on any atom is 0.266 e. The molecule has 34 heavy (non-hydrogen) atoms. The minimum Gasteiger partial charge on any atom is -0.487 e. The van der Waals surface area contributed by atoms with Gasteiger partial charge in [-0.3, -0.25) is 4.79 Å². The lowest BCUT2D eigenvalue weighted by atomic mass is 10.0. The minimum atomic E-state index is -0.500. The molecule has 8 heteroatoms. The van der Waals surface area contributed by atoms with Crippen molar-refractivity contribution >= 4 is 72.7 Å². The standard InChI is InChI=1S/C26H18Br2Cl2N2O2/c1-2-4-17-9-16(10-19(14-31)26(33)32-22-6-3-5-20(27)12-22)11-23(28)25(17)34-15-18-7-8-21(29)13-24(18)30/h2-3,5-13H,1,4,15H2,(H,32,33)/b19-10-. The van der Waals surface area contributed by atoms with E-state index in [2.05, 4.69) is 43.8 Å². The Hall–Kier alpha value is -2.56. The molecule has 0 aliphatic heterocycles. The molecule has 0 radical (unpaired) electrons. The van der Waals surface area contributed by atoms with Crippen molar-refractivity contribution < 1.29 is 9.53 Å². The number of amides is 1. The van der Waals surface area contributed by atoms with E-state index in [9.17, 15) is 10.1 Å². The second-order valence-corrected chi connectivity index (χ2v) is 9.76. The van der Waals surface area contributed by atoms with Crippen molar-refractivity contribution in [3.63, 3.8) is 0 Å². The van der Waals surface area contributed by atoms with E-state index < -0.39 is 5.91 Å². The van der Waals surface area contributed by atoms with Crippen LogP contribution in [0.4, 0.5) is 5.69 Å². The summed E-state index contributed by atoms with van der Waals surface area (Å²) in [5.74, 6) is 0.125. The summed E-state index contributed by atoms with van der Waals surface area (Å²) in [7, 11) is 0. The molecule has 3 rings (SSSR count). The predicted molar refractivity (Wildman–Crippen MR) is 145 cm³/mol. The second kappa shape index (κ2) is 12.2. The predicted octanol–water partition coefficient (Wildman–Crippen LogP) is 8.37. The van der Waals surface area contributed by atoms with Crippen molar-refractivity contribution in [3.8, 4) is 11.8 Å². The summed E-state index contributed by atoms with van der Waals surface area (Å²) in [6.07, 6.45) is 3.81. The van der Waals surface area contributed by atoms with Crippen molar-refractivity contribution in [1.29, 1.82) is 5.26 Å². The average Bonchev–Trinajstić information content (AvgIpc) is 2.78. The molecule has 0 fully saturated rings. The van der Waals surface area contributed by atoms with Crippen molar-refractivity contribution in [1.82, 2.24) is 0 Å². The number of allylic oxidation sites excluding steroid dienone is 1. The normalized spacial score (nSPS) is 11.0. The van der Waals surface area contributed by atoms with Gasteiger partial charge in [-0.1, -0.05) is 57.3 Å². The van der Waals surface area contributed by atoms with Gasteiger partial charge in [0.25, 0.3) is 5.91 Å². The maximum absolute atomic E-state index is 12.6. The van der Waals surface area contributed by atoms with E-state index in [-0.39, 0.29) is 12.2 Å². The largest absolute Gasteiger partial charge is 0.487 e. The highest BCUT2D eigenvalue weighted by atomic mass is 79.9. The summed E-state index contributed by atoms with van der Waals surface area (Å²) in [5.41, 5.74) is 2.85. The molecule has 0 atom stereocenters. The smallest absolute Gasteiger partial charge is 0.266 e. The van der Waals surface area contributed by atoms with Crippen molar-refractivity contribution in [2.24, 2.45) is 0 Å². The molecule has 0 aliphatic rings. The Kier molecular flexibility index (Phi) is 9.37. The highest BCUT2D eigenvalue weighted by Crippen LogP contribution is 2.34. The van der Waals surface area contributed by atoms with Crippen LogP contribution in [-0.4, -0.2) is 5.91 Å². The molecule has 0 saturated heterocycles. The number of hydrogen-bond acceptors (Lipinski definition) is 3. The van der Waals surface area contributed by atoms with Gasteiger partial charge in [-0.25, -0.2) is 0 Å². The van der Waals surface area contributed by atoms with Gasteiger partial charge in [0.15, 0.2) is 0 Å². The third kappa shape index (κ3) is 6.97. The molecular formula is C26H18Br2Cl2N2O2. The van der Waals surface area contributed by atoms with E-state index >= 15 is 0 Å². The van der Waals surface area contributed by atoms with Gasteiger partial charge in [-0.2, -0.15) is 5.26 Å². The minimum absolute atomic E-state index is 0.0296. The summed E-state index contributed by atoms with van der Waals surface area (Å²) in [6, 6.07) is 18.0. The first kappa shape index (κ1) is 26.1. The van der Waals surface area contributed by atoms with Crippen LogP contribution in [0.25, 0.3) is 6.08 Å². The Labute approximate surface area is 225 Å². The maximum atomic E-state index is 12.6. The van der Waals surface area contributed by atoms with Gasteiger partial charge in [0, 0.05) is 25.8 Å². The molecule has 0 unspecified atom stereocenters. The van der Waals surface area contributed by atoms with Crippen LogP contribution in [0.1, 0.15) is 16.7 Å². The van der Waals surface area contributed by atoms with Crippen LogP contribution in [-0.2, 0) is 17.8 Å². The number of benzene rings is 3. The van der Waals surface area contributed by atoms with Gasteiger partial charge in [0.1, 0.15) is 24.0 Å². The third-order valence-corrected chi connectivity index (χ3v) is 6.32. The van der Waals surface area contributed by atoms with Gasteiger partial charge < -0.3 is 10.1 Å². The zero-order valence-electron chi connectivity index (χ0n) is 17.7. The highest BCUT2D eigenvalue weighted by molar-refractivity contribution is 9.10. The number of nitrogens with zero attached hydrogens (tertiary/aromatic N) is 1. The molecule has 0 spiro atoms.